The first kappa shape index (κ1) is 14.2. The van der Waals surface area contributed by atoms with Crippen molar-refractivity contribution in [2.24, 2.45) is 0 Å². The SMILES string of the molecule is Cc1cc2ncn(Cc3c(F)ccc(Br)c3F)c2cc1C. The van der Waals surface area contributed by atoms with Gasteiger partial charge in [0.1, 0.15) is 11.6 Å². The molecular formula is C16H13BrF2N2. The molecule has 0 bridgehead atoms. The first-order chi connectivity index (χ1) is 9.97. The lowest BCUT2D eigenvalue weighted by Crippen LogP contribution is -2.04. The number of benzene rings is 2. The second kappa shape index (κ2) is 5.22. The third kappa shape index (κ3) is 2.46. The first-order valence-electron chi connectivity index (χ1n) is 6.52. The molecule has 0 saturated carbocycles. The molecule has 0 radical (unpaired) electrons. The van der Waals surface area contributed by atoms with Gasteiger partial charge in [0.05, 0.1) is 28.4 Å². The van der Waals surface area contributed by atoms with Crippen molar-refractivity contribution in [3.8, 4) is 0 Å². The average Bonchev–Trinajstić information content (AvgIpc) is 2.82. The van der Waals surface area contributed by atoms with Gasteiger partial charge >= 0.3 is 0 Å². The van der Waals surface area contributed by atoms with Crippen molar-refractivity contribution in [1.82, 2.24) is 9.55 Å². The van der Waals surface area contributed by atoms with Gasteiger partial charge in [-0.3, -0.25) is 0 Å². The zero-order valence-corrected chi connectivity index (χ0v) is 13.2. The lowest BCUT2D eigenvalue weighted by Gasteiger charge is -2.09. The summed E-state index contributed by atoms with van der Waals surface area (Å²) in [5.74, 6) is -1.12. The van der Waals surface area contributed by atoms with E-state index in [1.807, 2.05) is 26.0 Å². The highest BCUT2D eigenvalue weighted by molar-refractivity contribution is 9.10. The van der Waals surface area contributed by atoms with E-state index in [1.165, 1.54) is 12.1 Å². The summed E-state index contributed by atoms with van der Waals surface area (Å²) >= 11 is 3.09. The molecule has 0 saturated heterocycles. The van der Waals surface area contributed by atoms with E-state index in [1.54, 1.807) is 10.9 Å². The zero-order valence-electron chi connectivity index (χ0n) is 11.6. The molecule has 0 aliphatic rings. The van der Waals surface area contributed by atoms with Crippen molar-refractivity contribution >= 4 is 27.0 Å². The Morgan fingerprint density at radius 2 is 1.86 bits per heavy atom. The summed E-state index contributed by atoms with van der Waals surface area (Å²) in [6.45, 7) is 4.13. The normalized spacial score (nSPS) is 11.3. The van der Waals surface area contributed by atoms with E-state index in [-0.39, 0.29) is 16.6 Å². The zero-order chi connectivity index (χ0) is 15.1. The number of rotatable bonds is 2. The number of imidazole rings is 1. The topological polar surface area (TPSA) is 17.8 Å². The van der Waals surface area contributed by atoms with Crippen LogP contribution in [0.5, 0.6) is 0 Å². The molecule has 2 nitrogen and oxygen atoms in total. The van der Waals surface area contributed by atoms with E-state index in [2.05, 4.69) is 20.9 Å². The van der Waals surface area contributed by atoms with Gasteiger partial charge in [-0.25, -0.2) is 13.8 Å². The maximum absolute atomic E-state index is 14.1. The molecule has 0 atom stereocenters. The van der Waals surface area contributed by atoms with Gasteiger partial charge in [-0.05, 0) is 65.2 Å². The summed E-state index contributed by atoms with van der Waals surface area (Å²) < 4.78 is 30.0. The average molecular weight is 351 g/mol. The molecule has 0 fully saturated rings. The second-order valence-corrected chi connectivity index (χ2v) is 5.97. The lowest BCUT2D eigenvalue weighted by molar-refractivity contribution is 0.542. The largest absolute Gasteiger partial charge is 0.326 e. The van der Waals surface area contributed by atoms with E-state index in [4.69, 9.17) is 0 Å². The van der Waals surface area contributed by atoms with Gasteiger partial charge in [0.25, 0.3) is 0 Å². The molecule has 2 aromatic carbocycles. The summed E-state index contributed by atoms with van der Waals surface area (Å²) in [4.78, 5) is 4.30. The van der Waals surface area contributed by atoms with E-state index >= 15 is 0 Å². The van der Waals surface area contributed by atoms with Crippen LogP contribution in [0.1, 0.15) is 16.7 Å². The van der Waals surface area contributed by atoms with Gasteiger partial charge in [0.15, 0.2) is 0 Å². The third-order valence-electron chi connectivity index (χ3n) is 3.70. The molecule has 0 spiro atoms. The van der Waals surface area contributed by atoms with Crippen LogP contribution in [-0.2, 0) is 6.54 Å². The predicted octanol–water partition coefficient (Wildman–Crippen LogP) is 4.74. The maximum atomic E-state index is 14.1. The van der Waals surface area contributed by atoms with Crippen LogP contribution in [-0.4, -0.2) is 9.55 Å². The van der Waals surface area contributed by atoms with Crippen LogP contribution < -0.4 is 0 Å². The van der Waals surface area contributed by atoms with E-state index in [9.17, 15) is 8.78 Å². The summed E-state index contributed by atoms with van der Waals surface area (Å²) in [6.07, 6.45) is 1.61. The highest BCUT2D eigenvalue weighted by Gasteiger charge is 2.14. The summed E-state index contributed by atoms with van der Waals surface area (Å²) in [7, 11) is 0. The van der Waals surface area contributed by atoms with Gasteiger partial charge in [-0.15, -0.1) is 0 Å². The number of nitrogens with zero attached hydrogens (tertiary/aromatic N) is 2. The van der Waals surface area contributed by atoms with Crippen molar-refractivity contribution < 1.29 is 8.78 Å². The number of fused-ring (bicyclic) bond motifs is 1. The second-order valence-electron chi connectivity index (χ2n) is 5.12. The highest BCUT2D eigenvalue weighted by Crippen LogP contribution is 2.24. The molecule has 108 valence electrons. The van der Waals surface area contributed by atoms with Crippen LogP contribution in [0.4, 0.5) is 8.78 Å². The molecule has 0 aliphatic heterocycles. The number of halogens is 3. The minimum absolute atomic E-state index is 0.0295. The van der Waals surface area contributed by atoms with Crippen molar-refractivity contribution in [2.45, 2.75) is 20.4 Å². The monoisotopic (exact) mass is 350 g/mol. The summed E-state index contributed by atoms with van der Waals surface area (Å²) in [5, 5.41) is 0. The van der Waals surface area contributed by atoms with Gasteiger partial charge < -0.3 is 4.57 Å². The Morgan fingerprint density at radius 1 is 1.14 bits per heavy atom. The molecule has 21 heavy (non-hydrogen) atoms. The molecule has 0 aliphatic carbocycles. The van der Waals surface area contributed by atoms with Crippen molar-refractivity contribution in [2.75, 3.05) is 0 Å². The quantitative estimate of drug-likeness (QED) is 0.610. The minimum atomic E-state index is -0.569. The molecule has 3 rings (SSSR count). The molecule has 1 heterocycles. The number of aryl methyl sites for hydroxylation is 2. The van der Waals surface area contributed by atoms with E-state index in [0.717, 1.165) is 22.2 Å². The Balaban J connectivity index is 2.11. The predicted molar refractivity (Wildman–Crippen MR) is 82.4 cm³/mol. The standard InChI is InChI=1S/C16H13BrF2N2/c1-9-5-14-15(6-10(9)2)21(8-20-14)7-11-13(18)4-3-12(17)16(11)19/h3-6,8H,7H2,1-2H3. The number of hydrogen-bond donors (Lipinski definition) is 0. The summed E-state index contributed by atoms with van der Waals surface area (Å²) in [5.41, 5.74) is 4.00. The van der Waals surface area contributed by atoms with Gasteiger partial charge in [-0.1, -0.05) is 0 Å². The van der Waals surface area contributed by atoms with E-state index < -0.39 is 11.6 Å². The van der Waals surface area contributed by atoms with Gasteiger partial charge in [-0.2, -0.15) is 0 Å². The van der Waals surface area contributed by atoms with Crippen LogP contribution in [0, 0.1) is 25.5 Å². The molecule has 0 amide bonds. The Bertz CT molecular complexity index is 840. The molecule has 0 N–H and O–H groups in total. The Kier molecular flexibility index (Phi) is 3.53. The van der Waals surface area contributed by atoms with Crippen LogP contribution in [0.2, 0.25) is 0 Å². The molecular weight excluding hydrogens is 338 g/mol. The molecule has 1 aromatic heterocycles. The fourth-order valence-electron chi connectivity index (χ4n) is 2.32. The Labute approximate surface area is 129 Å². The van der Waals surface area contributed by atoms with Crippen molar-refractivity contribution in [3.63, 3.8) is 0 Å². The van der Waals surface area contributed by atoms with Gasteiger partial charge in [0, 0.05) is 5.56 Å². The molecule has 5 heteroatoms. The van der Waals surface area contributed by atoms with Crippen molar-refractivity contribution in [1.29, 1.82) is 0 Å². The Morgan fingerprint density at radius 3 is 2.62 bits per heavy atom. The fourth-order valence-corrected chi connectivity index (χ4v) is 2.70. The van der Waals surface area contributed by atoms with Crippen LogP contribution >= 0.6 is 15.9 Å². The minimum Gasteiger partial charge on any atom is -0.326 e. The number of aromatic nitrogens is 2. The maximum Gasteiger partial charge on any atom is 0.145 e. The smallest absolute Gasteiger partial charge is 0.145 e. The van der Waals surface area contributed by atoms with Crippen LogP contribution in [0.15, 0.2) is 35.1 Å². The highest BCUT2D eigenvalue weighted by atomic mass is 79.9. The van der Waals surface area contributed by atoms with Gasteiger partial charge in [0.2, 0.25) is 0 Å². The third-order valence-corrected chi connectivity index (χ3v) is 4.32. The van der Waals surface area contributed by atoms with Crippen molar-refractivity contribution in [3.05, 3.63) is 63.4 Å². The van der Waals surface area contributed by atoms with E-state index in [0.29, 0.717) is 0 Å². The number of hydrogen-bond acceptors (Lipinski definition) is 1. The first-order valence-corrected chi connectivity index (χ1v) is 7.31. The summed E-state index contributed by atoms with van der Waals surface area (Å²) in [6, 6.07) is 6.60. The fraction of sp³-hybridized carbons (Fsp3) is 0.188. The Hall–Kier alpha value is -1.75. The molecule has 3 aromatic rings. The van der Waals surface area contributed by atoms with Crippen LogP contribution in [0.3, 0.4) is 0 Å². The van der Waals surface area contributed by atoms with Crippen LogP contribution in [0.25, 0.3) is 11.0 Å². The molecule has 0 unspecified atom stereocenters. The lowest BCUT2D eigenvalue weighted by atomic mass is 10.1.